The number of rotatable bonds is 9. The van der Waals surface area contributed by atoms with Crippen LogP contribution in [-0.4, -0.2) is 22.6 Å². The number of carboxylic acids is 1. The second kappa shape index (κ2) is 9.76. The number of carboxylic acid groups (broad SMARTS) is 1. The molecule has 0 saturated heterocycles. The van der Waals surface area contributed by atoms with E-state index in [-0.39, 0.29) is 24.7 Å². The number of ether oxygens (including phenoxy) is 2. The third kappa shape index (κ3) is 6.26. The van der Waals surface area contributed by atoms with Crippen LogP contribution >= 0.6 is 0 Å². The Morgan fingerprint density at radius 3 is 2.41 bits per heavy atom. The van der Waals surface area contributed by atoms with E-state index >= 15 is 0 Å². The van der Waals surface area contributed by atoms with Crippen LogP contribution in [0.3, 0.4) is 0 Å². The van der Waals surface area contributed by atoms with Gasteiger partial charge in [-0.3, -0.25) is 4.79 Å². The topological polar surface area (TPSA) is 81.8 Å². The molecule has 1 heterocycles. The van der Waals surface area contributed by atoms with Gasteiger partial charge in [-0.05, 0) is 40.8 Å². The minimum Gasteiger partial charge on any atom is -0.489 e. The molecule has 0 bridgehead atoms. The Hall–Kier alpha value is -3.49. The minimum absolute atomic E-state index is 0.0355. The van der Waals surface area contributed by atoms with Gasteiger partial charge in [0.2, 0.25) is 0 Å². The number of benzene rings is 2. The van der Waals surface area contributed by atoms with Crippen molar-refractivity contribution in [3.8, 4) is 11.5 Å². The lowest BCUT2D eigenvalue weighted by Crippen LogP contribution is -2.18. The summed E-state index contributed by atoms with van der Waals surface area (Å²) in [5.74, 6) is -1.35. The Bertz CT molecular complexity index is 1030. The van der Waals surface area contributed by atoms with Crippen LogP contribution in [0, 0.1) is 0 Å². The molecule has 3 rings (SSSR count). The second-order valence-corrected chi connectivity index (χ2v) is 7.51. The zero-order valence-electron chi connectivity index (χ0n) is 17.4. The van der Waals surface area contributed by atoms with Crippen LogP contribution in [-0.2, 0) is 11.4 Å². The van der Waals surface area contributed by atoms with Crippen LogP contribution < -0.4 is 9.47 Å². The molecule has 0 aliphatic heterocycles. The lowest BCUT2D eigenvalue weighted by Gasteiger charge is -2.17. The monoisotopic (exact) mass is 449 g/mol. The minimum atomic E-state index is -4.78. The van der Waals surface area contributed by atoms with Crippen LogP contribution in [0.1, 0.15) is 54.5 Å². The molecule has 0 amide bonds. The molecule has 170 valence electrons. The molecule has 6 nitrogen and oxygen atoms in total. The van der Waals surface area contributed by atoms with Crippen molar-refractivity contribution < 1.29 is 37.1 Å². The number of alkyl halides is 3. The standard InChI is InChI=1S/C23H22F3NO5/c1-14(2)18-8-3-15(11-21(18)32-23(24,25)26)13-30-17-6-4-16(5-7-17)19(12-22(28)29)20-9-10-31-27-20/h3-11,14,19H,12-13H2,1-2H3,(H,28,29). The quantitative estimate of drug-likeness (QED) is 0.439. The summed E-state index contributed by atoms with van der Waals surface area (Å²) in [6.07, 6.45) is -3.56. The van der Waals surface area contributed by atoms with Crippen molar-refractivity contribution in [2.24, 2.45) is 0 Å². The zero-order chi connectivity index (χ0) is 23.3. The number of hydrogen-bond acceptors (Lipinski definition) is 5. The average molecular weight is 449 g/mol. The first-order valence-electron chi connectivity index (χ1n) is 9.86. The van der Waals surface area contributed by atoms with Gasteiger partial charge in [0.1, 0.15) is 24.4 Å². The molecule has 0 radical (unpaired) electrons. The SMILES string of the molecule is CC(C)c1ccc(COc2ccc(C(CC(=O)O)c3ccon3)cc2)cc1OC(F)(F)F. The average Bonchev–Trinajstić information content (AvgIpc) is 3.24. The molecule has 1 aromatic heterocycles. The van der Waals surface area contributed by atoms with Crippen molar-refractivity contribution in [1.29, 1.82) is 0 Å². The molecule has 0 spiro atoms. The van der Waals surface area contributed by atoms with E-state index in [0.717, 1.165) is 5.56 Å². The first-order valence-corrected chi connectivity index (χ1v) is 9.86. The van der Waals surface area contributed by atoms with Crippen LogP contribution in [0.4, 0.5) is 13.2 Å². The molecule has 0 saturated carbocycles. The summed E-state index contributed by atoms with van der Waals surface area (Å²) >= 11 is 0. The van der Waals surface area contributed by atoms with E-state index in [1.807, 2.05) is 0 Å². The maximum Gasteiger partial charge on any atom is 0.573 e. The Balaban J connectivity index is 1.72. The fourth-order valence-corrected chi connectivity index (χ4v) is 3.29. The van der Waals surface area contributed by atoms with E-state index in [1.54, 1.807) is 56.3 Å². The third-order valence-corrected chi connectivity index (χ3v) is 4.81. The fourth-order valence-electron chi connectivity index (χ4n) is 3.29. The lowest BCUT2D eigenvalue weighted by molar-refractivity contribution is -0.275. The Labute approximate surface area is 182 Å². The number of carbonyl (C=O) groups is 1. The van der Waals surface area contributed by atoms with E-state index < -0.39 is 18.2 Å². The molecular weight excluding hydrogens is 427 g/mol. The smallest absolute Gasteiger partial charge is 0.489 e. The summed E-state index contributed by atoms with van der Waals surface area (Å²) in [6.45, 7) is 3.60. The number of nitrogens with zero attached hydrogens (tertiary/aromatic N) is 1. The highest BCUT2D eigenvalue weighted by atomic mass is 19.4. The maximum atomic E-state index is 12.8. The predicted molar refractivity (Wildman–Crippen MR) is 109 cm³/mol. The molecule has 9 heteroatoms. The van der Waals surface area contributed by atoms with Crippen LogP contribution in [0.25, 0.3) is 0 Å². The highest BCUT2D eigenvalue weighted by Crippen LogP contribution is 2.33. The molecule has 2 aromatic carbocycles. The normalized spacial score (nSPS) is 12.6. The van der Waals surface area contributed by atoms with Crippen molar-refractivity contribution in [2.75, 3.05) is 0 Å². The van der Waals surface area contributed by atoms with E-state index in [1.165, 1.54) is 12.3 Å². The molecular formula is C23H22F3NO5. The maximum absolute atomic E-state index is 12.8. The van der Waals surface area contributed by atoms with Gasteiger partial charge < -0.3 is 19.1 Å². The molecule has 1 unspecified atom stereocenters. The van der Waals surface area contributed by atoms with E-state index in [0.29, 0.717) is 22.6 Å². The van der Waals surface area contributed by atoms with Crippen molar-refractivity contribution >= 4 is 5.97 Å². The fraction of sp³-hybridized carbons (Fsp3) is 0.304. The van der Waals surface area contributed by atoms with Gasteiger partial charge >= 0.3 is 12.3 Å². The summed E-state index contributed by atoms with van der Waals surface area (Å²) in [5, 5.41) is 13.0. The number of aromatic nitrogens is 1. The Morgan fingerprint density at radius 2 is 1.84 bits per heavy atom. The van der Waals surface area contributed by atoms with E-state index in [2.05, 4.69) is 9.89 Å². The molecule has 3 aromatic rings. The summed E-state index contributed by atoms with van der Waals surface area (Å²) in [4.78, 5) is 11.2. The number of aliphatic carboxylic acids is 1. The van der Waals surface area contributed by atoms with Gasteiger partial charge in [0.25, 0.3) is 0 Å². The zero-order valence-corrected chi connectivity index (χ0v) is 17.4. The first-order chi connectivity index (χ1) is 15.1. The van der Waals surface area contributed by atoms with Gasteiger partial charge in [-0.15, -0.1) is 13.2 Å². The van der Waals surface area contributed by atoms with Crippen LogP contribution in [0.15, 0.2) is 59.3 Å². The molecule has 1 N–H and O–H groups in total. The largest absolute Gasteiger partial charge is 0.573 e. The highest BCUT2D eigenvalue weighted by Gasteiger charge is 2.32. The van der Waals surface area contributed by atoms with Gasteiger partial charge in [-0.1, -0.05) is 43.3 Å². The first kappa shape index (κ1) is 23.2. The summed E-state index contributed by atoms with van der Waals surface area (Å²) in [6, 6.07) is 13.0. The Morgan fingerprint density at radius 1 is 1.12 bits per heavy atom. The molecule has 32 heavy (non-hydrogen) atoms. The highest BCUT2D eigenvalue weighted by molar-refractivity contribution is 5.68. The van der Waals surface area contributed by atoms with Crippen molar-refractivity contribution in [1.82, 2.24) is 5.16 Å². The summed E-state index contributed by atoms with van der Waals surface area (Å²) in [7, 11) is 0. The molecule has 1 atom stereocenters. The molecule has 0 aliphatic carbocycles. The summed E-state index contributed by atoms with van der Waals surface area (Å²) in [5.41, 5.74) is 2.19. The van der Waals surface area contributed by atoms with E-state index in [4.69, 9.17) is 9.26 Å². The molecule has 0 aliphatic rings. The summed E-state index contributed by atoms with van der Waals surface area (Å²) < 4.78 is 53.0. The van der Waals surface area contributed by atoms with E-state index in [9.17, 15) is 23.1 Å². The number of hydrogen-bond donors (Lipinski definition) is 1. The molecule has 0 fully saturated rings. The second-order valence-electron chi connectivity index (χ2n) is 7.51. The third-order valence-electron chi connectivity index (χ3n) is 4.81. The van der Waals surface area contributed by atoms with Crippen LogP contribution in [0.2, 0.25) is 0 Å². The van der Waals surface area contributed by atoms with Gasteiger partial charge in [0.05, 0.1) is 12.1 Å². The van der Waals surface area contributed by atoms with Crippen molar-refractivity contribution in [3.63, 3.8) is 0 Å². The van der Waals surface area contributed by atoms with Gasteiger partial charge in [0, 0.05) is 12.0 Å². The Kier molecular flexibility index (Phi) is 7.07. The predicted octanol–water partition coefficient (Wildman–Crippen LogP) is 5.88. The van der Waals surface area contributed by atoms with Gasteiger partial charge in [-0.2, -0.15) is 0 Å². The van der Waals surface area contributed by atoms with Crippen molar-refractivity contribution in [2.45, 2.75) is 45.1 Å². The van der Waals surface area contributed by atoms with Crippen molar-refractivity contribution in [3.05, 3.63) is 77.2 Å². The van der Waals surface area contributed by atoms with Crippen LogP contribution in [0.5, 0.6) is 11.5 Å². The lowest BCUT2D eigenvalue weighted by atomic mass is 9.92. The van der Waals surface area contributed by atoms with Gasteiger partial charge in [-0.25, -0.2) is 0 Å². The number of halogens is 3. The van der Waals surface area contributed by atoms with Gasteiger partial charge in [0.15, 0.2) is 0 Å².